The van der Waals surface area contributed by atoms with E-state index in [2.05, 4.69) is 22.3 Å². The first-order valence-corrected chi connectivity index (χ1v) is 11.1. The van der Waals surface area contributed by atoms with E-state index in [1.165, 1.54) is 0 Å². The number of hydrogen-bond acceptors (Lipinski definition) is 4. The van der Waals surface area contributed by atoms with Gasteiger partial charge in [-0.05, 0) is 28.8 Å². The van der Waals surface area contributed by atoms with Gasteiger partial charge >= 0.3 is 0 Å². The average Bonchev–Trinajstić information content (AvgIpc) is 2.87. The predicted octanol–water partition coefficient (Wildman–Crippen LogP) is 4.02. The molecule has 1 aliphatic heterocycles. The Labute approximate surface area is 190 Å². The van der Waals surface area contributed by atoms with Crippen molar-refractivity contribution in [1.82, 2.24) is 10.2 Å². The molecule has 1 N–H and O–H groups in total. The summed E-state index contributed by atoms with van der Waals surface area (Å²) in [6.45, 7) is 3.62. The maximum absolute atomic E-state index is 13.5. The van der Waals surface area contributed by atoms with Crippen molar-refractivity contribution in [2.24, 2.45) is 0 Å². The molecule has 1 unspecified atom stereocenters. The number of hydrogen-bond donors (Lipinski definition) is 1. The van der Waals surface area contributed by atoms with Crippen molar-refractivity contribution in [3.8, 4) is 5.75 Å². The molecule has 4 rings (SSSR count). The highest BCUT2D eigenvalue weighted by molar-refractivity contribution is 5.87. The van der Waals surface area contributed by atoms with Gasteiger partial charge in [0.1, 0.15) is 5.75 Å². The van der Waals surface area contributed by atoms with E-state index >= 15 is 0 Å². The van der Waals surface area contributed by atoms with Gasteiger partial charge in [-0.25, -0.2) is 0 Å². The Balaban J connectivity index is 1.55. The third kappa shape index (κ3) is 5.36. The zero-order chi connectivity index (χ0) is 22.2. The molecule has 1 saturated heterocycles. The average molecular weight is 431 g/mol. The monoisotopic (exact) mass is 430 g/mol. The third-order valence-electron chi connectivity index (χ3n) is 5.98. The number of nitrogens with zero attached hydrogens (tertiary/aromatic N) is 1. The zero-order valence-corrected chi connectivity index (χ0v) is 18.4. The maximum atomic E-state index is 13.5. The Morgan fingerprint density at radius 3 is 1.97 bits per heavy atom. The first-order valence-electron chi connectivity index (χ1n) is 11.1. The highest BCUT2D eigenvalue weighted by Crippen LogP contribution is 2.27. The lowest BCUT2D eigenvalue weighted by Gasteiger charge is -2.35. The molecule has 1 fully saturated rings. The first-order chi connectivity index (χ1) is 15.8. The van der Waals surface area contributed by atoms with Crippen LogP contribution in [-0.4, -0.2) is 50.8 Å². The standard InChI is InChI=1S/C27H30N2O3/c1-31-24-14-12-21(13-15-24)25(29-16-18-32-19-17-29)20-28-27(30)26(22-8-4-2-5-9-22)23-10-6-3-7-11-23/h2-15,25-26H,16-20H2,1H3,(H,28,30). The van der Waals surface area contributed by atoms with Crippen LogP contribution < -0.4 is 10.1 Å². The van der Waals surface area contributed by atoms with Crippen molar-refractivity contribution in [2.45, 2.75) is 12.0 Å². The Hall–Kier alpha value is -3.15. The number of ether oxygens (including phenoxy) is 2. The minimum absolute atomic E-state index is 0.00849. The number of carbonyl (C=O) groups is 1. The van der Waals surface area contributed by atoms with Gasteiger partial charge in [0, 0.05) is 19.6 Å². The molecule has 5 heteroatoms. The van der Waals surface area contributed by atoms with Gasteiger partial charge in [0.05, 0.1) is 32.3 Å². The molecule has 1 amide bonds. The van der Waals surface area contributed by atoms with Gasteiger partial charge in [0.2, 0.25) is 5.91 Å². The van der Waals surface area contributed by atoms with Crippen molar-refractivity contribution in [1.29, 1.82) is 0 Å². The third-order valence-corrected chi connectivity index (χ3v) is 5.98. The minimum Gasteiger partial charge on any atom is -0.497 e. The molecule has 5 nitrogen and oxygen atoms in total. The van der Waals surface area contributed by atoms with Gasteiger partial charge in [0.15, 0.2) is 0 Å². The van der Waals surface area contributed by atoms with Crippen LogP contribution in [0.2, 0.25) is 0 Å². The lowest BCUT2D eigenvalue weighted by Crippen LogP contribution is -2.44. The molecule has 3 aromatic rings. The Morgan fingerprint density at radius 1 is 0.875 bits per heavy atom. The van der Waals surface area contributed by atoms with E-state index in [1.54, 1.807) is 7.11 Å². The summed E-state index contributed by atoms with van der Waals surface area (Å²) in [6, 6.07) is 28.1. The molecule has 1 atom stereocenters. The summed E-state index contributed by atoms with van der Waals surface area (Å²) in [5.41, 5.74) is 3.14. The SMILES string of the molecule is COc1ccc(C(CNC(=O)C(c2ccccc2)c2ccccc2)N2CCOCC2)cc1. The van der Waals surface area contributed by atoms with E-state index < -0.39 is 0 Å². The molecule has 1 heterocycles. The van der Waals surface area contributed by atoms with Gasteiger partial charge in [-0.2, -0.15) is 0 Å². The number of amides is 1. The molecular formula is C27H30N2O3. The van der Waals surface area contributed by atoms with Crippen LogP contribution in [0.3, 0.4) is 0 Å². The summed E-state index contributed by atoms with van der Waals surface area (Å²) in [6.07, 6.45) is 0. The topological polar surface area (TPSA) is 50.8 Å². The van der Waals surface area contributed by atoms with Crippen LogP contribution in [0, 0.1) is 0 Å². The molecule has 0 spiro atoms. The van der Waals surface area contributed by atoms with Crippen LogP contribution in [-0.2, 0) is 9.53 Å². The summed E-state index contributed by atoms with van der Waals surface area (Å²) < 4.78 is 10.9. The van der Waals surface area contributed by atoms with E-state index in [0.717, 1.165) is 35.5 Å². The number of carbonyl (C=O) groups excluding carboxylic acids is 1. The molecule has 0 saturated carbocycles. The van der Waals surface area contributed by atoms with Crippen LogP contribution in [0.15, 0.2) is 84.9 Å². The van der Waals surface area contributed by atoms with Gasteiger partial charge in [0.25, 0.3) is 0 Å². The molecule has 0 aliphatic carbocycles. The fourth-order valence-electron chi connectivity index (χ4n) is 4.26. The first kappa shape index (κ1) is 22.1. The Bertz CT molecular complexity index is 931. The molecule has 166 valence electrons. The Morgan fingerprint density at radius 2 is 1.44 bits per heavy atom. The largest absolute Gasteiger partial charge is 0.497 e. The molecule has 0 radical (unpaired) electrons. The second-order valence-electron chi connectivity index (χ2n) is 7.94. The molecule has 3 aromatic carbocycles. The molecule has 0 aromatic heterocycles. The minimum atomic E-state index is -0.349. The lowest BCUT2D eigenvalue weighted by atomic mass is 9.90. The van der Waals surface area contributed by atoms with Gasteiger partial charge in [-0.3, -0.25) is 9.69 Å². The summed E-state index contributed by atoms with van der Waals surface area (Å²) in [7, 11) is 1.67. The smallest absolute Gasteiger partial charge is 0.232 e. The van der Waals surface area contributed by atoms with E-state index in [-0.39, 0.29) is 17.9 Å². The fourth-order valence-corrected chi connectivity index (χ4v) is 4.26. The normalized spacial score (nSPS) is 15.3. The predicted molar refractivity (Wildman–Crippen MR) is 126 cm³/mol. The van der Waals surface area contributed by atoms with Crippen LogP contribution in [0.1, 0.15) is 28.7 Å². The fraction of sp³-hybridized carbons (Fsp3) is 0.296. The Kier molecular flexibility index (Phi) is 7.54. The van der Waals surface area contributed by atoms with Crippen molar-refractivity contribution in [3.63, 3.8) is 0 Å². The lowest BCUT2D eigenvalue weighted by molar-refractivity contribution is -0.122. The second kappa shape index (κ2) is 10.9. The maximum Gasteiger partial charge on any atom is 0.232 e. The van der Waals surface area contributed by atoms with Crippen LogP contribution >= 0.6 is 0 Å². The number of nitrogens with one attached hydrogen (secondary N) is 1. The van der Waals surface area contributed by atoms with Crippen molar-refractivity contribution in [3.05, 3.63) is 102 Å². The summed E-state index contributed by atoms with van der Waals surface area (Å²) in [4.78, 5) is 15.9. The van der Waals surface area contributed by atoms with Crippen LogP contribution in [0.25, 0.3) is 0 Å². The molecule has 0 bridgehead atoms. The van der Waals surface area contributed by atoms with Crippen molar-refractivity contribution < 1.29 is 14.3 Å². The van der Waals surface area contributed by atoms with Crippen molar-refractivity contribution >= 4 is 5.91 Å². The summed E-state index contributed by atoms with van der Waals surface area (Å²) in [5.74, 6) is 0.486. The highest BCUT2D eigenvalue weighted by Gasteiger charge is 2.26. The van der Waals surface area contributed by atoms with Gasteiger partial charge in [-0.1, -0.05) is 72.8 Å². The zero-order valence-electron chi connectivity index (χ0n) is 18.4. The second-order valence-corrected chi connectivity index (χ2v) is 7.94. The van der Waals surface area contributed by atoms with Crippen LogP contribution in [0.4, 0.5) is 0 Å². The summed E-state index contributed by atoms with van der Waals surface area (Å²) in [5, 5.41) is 3.25. The van der Waals surface area contributed by atoms with Crippen LogP contribution in [0.5, 0.6) is 5.75 Å². The number of rotatable bonds is 8. The number of morpholine rings is 1. The van der Waals surface area contributed by atoms with E-state index in [9.17, 15) is 4.79 Å². The number of benzene rings is 3. The van der Waals surface area contributed by atoms with E-state index in [0.29, 0.717) is 19.8 Å². The van der Waals surface area contributed by atoms with E-state index in [4.69, 9.17) is 9.47 Å². The number of methoxy groups -OCH3 is 1. The molecule has 1 aliphatic rings. The molecule has 32 heavy (non-hydrogen) atoms. The quantitative estimate of drug-likeness (QED) is 0.587. The van der Waals surface area contributed by atoms with Gasteiger partial charge < -0.3 is 14.8 Å². The highest BCUT2D eigenvalue weighted by atomic mass is 16.5. The summed E-state index contributed by atoms with van der Waals surface area (Å²) >= 11 is 0. The van der Waals surface area contributed by atoms with Crippen molar-refractivity contribution in [2.75, 3.05) is 40.0 Å². The molecular weight excluding hydrogens is 400 g/mol. The van der Waals surface area contributed by atoms with Gasteiger partial charge in [-0.15, -0.1) is 0 Å². The van der Waals surface area contributed by atoms with E-state index in [1.807, 2.05) is 72.8 Å².